The minimum absolute atomic E-state index is 0.0430. The van der Waals surface area contributed by atoms with E-state index in [1.54, 1.807) is 0 Å². The number of nitrogens with one attached hydrogen (secondary N) is 1. The lowest BCUT2D eigenvalue weighted by Gasteiger charge is -2.18. The zero-order chi connectivity index (χ0) is 17.5. The summed E-state index contributed by atoms with van der Waals surface area (Å²) in [6, 6.07) is 15.2. The topological polar surface area (TPSA) is 38.3 Å². The molecule has 1 fully saturated rings. The second kappa shape index (κ2) is 8.91. The molecule has 1 aliphatic rings. The summed E-state index contributed by atoms with van der Waals surface area (Å²) in [4.78, 5) is 12.7. The quantitative estimate of drug-likeness (QED) is 0.730. The Kier molecular flexibility index (Phi) is 6.35. The number of benzene rings is 2. The molecule has 0 unspecified atom stereocenters. The molecule has 2 aromatic carbocycles. The maximum atomic E-state index is 12.7. The lowest BCUT2D eigenvalue weighted by atomic mass is 10.1. The van der Waals surface area contributed by atoms with Gasteiger partial charge in [0.1, 0.15) is 12.4 Å². The van der Waals surface area contributed by atoms with Gasteiger partial charge in [-0.3, -0.25) is 4.79 Å². The minimum atomic E-state index is -0.0430. The van der Waals surface area contributed by atoms with Gasteiger partial charge in [0, 0.05) is 11.1 Å². The highest BCUT2D eigenvalue weighted by atomic mass is 35.5. The first-order chi connectivity index (χ1) is 12.2. The maximum absolute atomic E-state index is 12.7. The second-order valence-electron chi connectivity index (χ2n) is 6.57. The molecule has 0 bridgehead atoms. The predicted octanol–water partition coefficient (Wildman–Crippen LogP) is 5.37. The molecule has 132 valence electrons. The van der Waals surface area contributed by atoms with Crippen molar-refractivity contribution in [3.63, 3.8) is 0 Å². The standard InChI is InChI=1S/C21H24ClNO2/c22-17-13-11-16(12-14-17)15-25-20-10-6-5-9-19(20)21(24)23-18-7-3-1-2-4-8-18/h5-6,9-14,18H,1-4,7-8,15H2,(H,23,24). The van der Waals surface area contributed by atoms with Crippen molar-refractivity contribution in [1.29, 1.82) is 0 Å². The number of rotatable bonds is 5. The molecule has 1 amide bonds. The van der Waals surface area contributed by atoms with Gasteiger partial charge < -0.3 is 10.1 Å². The third-order valence-corrected chi connectivity index (χ3v) is 4.88. The zero-order valence-electron chi connectivity index (χ0n) is 14.3. The van der Waals surface area contributed by atoms with E-state index in [0.29, 0.717) is 22.9 Å². The molecule has 0 heterocycles. The molecular formula is C21H24ClNO2. The summed E-state index contributed by atoms with van der Waals surface area (Å²) in [6.07, 6.45) is 7.07. The van der Waals surface area contributed by atoms with Crippen molar-refractivity contribution >= 4 is 17.5 Å². The lowest BCUT2D eigenvalue weighted by Crippen LogP contribution is -2.34. The smallest absolute Gasteiger partial charge is 0.255 e. The Morgan fingerprint density at radius 3 is 2.40 bits per heavy atom. The van der Waals surface area contributed by atoms with E-state index in [1.165, 1.54) is 25.7 Å². The van der Waals surface area contributed by atoms with Crippen molar-refractivity contribution in [3.05, 3.63) is 64.7 Å². The van der Waals surface area contributed by atoms with Crippen LogP contribution in [0.15, 0.2) is 48.5 Å². The van der Waals surface area contributed by atoms with Crippen molar-refractivity contribution in [2.45, 2.75) is 51.2 Å². The number of amides is 1. The van der Waals surface area contributed by atoms with Gasteiger partial charge in [0.15, 0.2) is 0 Å². The number of hydrogen-bond donors (Lipinski definition) is 1. The molecule has 1 N–H and O–H groups in total. The molecule has 0 aliphatic heterocycles. The summed E-state index contributed by atoms with van der Waals surface area (Å²) in [6.45, 7) is 0.408. The summed E-state index contributed by atoms with van der Waals surface area (Å²) in [5.74, 6) is 0.571. The Labute approximate surface area is 154 Å². The highest BCUT2D eigenvalue weighted by Gasteiger charge is 2.18. The minimum Gasteiger partial charge on any atom is -0.488 e. The monoisotopic (exact) mass is 357 g/mol. The molecule has 2 aromatic rings. The van der Waals surface area contributed by atoms with Crippen molar-refractivity contribution in [2.24, 2.45) is 0 Å². The van der Waals surface area contributed by atoms with Crippen LogP contribution >= 0.6 is 11.6 Å². The molecule has 0 atom stereocenters. The van der Waals surface area contributed by atoms with Gasteiger partial charge in [-0.25, -0.2) is 0 Å². The Hall–Kier alpha value is -2.00. The largest absolute Gasteiger partial charge is 0.488 e. The summed E-state index contributed by atoms with van der Waals surface area (Å²) in [7, 11) is 0. The van der Waals surface area contributed by atoms with Crippen molar-refractivity contribution in [1.82, 2.24) is 5.32 Å². The van der Waals surface area contributed by atoms with Crippen molar-refractivity contribution in [3.8, 4) is 5.75 Å². The third kappa shape index (κ3) is 5.23. The van der Waals surface area contributed by atoms with Gasteiger partial charge in [-0.1, -0.05) is 61.5 Å². The molecular weight excluding hydrogens is 334 g/mol. The number of carbonyl (C=O) groups excluding carboxylic acids is 1. The number of hydrogen-bond acceptors (Lipinski definition) is 2. The van der Waals surface area contributed by atoms with Crippen LogP contribution in [0, 0.1) is 0 Å². The highest BCUT2D eigenvalue weighted by molar-refractivity contribution is 6.30. The van der Waals surface area contributed by atoms with Crippen LogP contribution in [-0.4, -0.2) is 11.9 Å². The second-order valence-corrected chi connectivity index (χ2v) is 7.01. The van der Waals surface area contributed by atoms with Crippen LogP contribution in [-0.2, 0) is 6.61 Å². The Balaban J connectivity index is 1.65. The van der Waals surface area contributed by atoms with Crippen molar-refractivity contribution in [2.75, 3.05) is 0 Å². The van der Waals surface area contributed by atoms with Crippen LogP contribution in [0.2, 0.25) is 5.02 Å². The van der Waals surface area contributed by atoms with Gasteiger partial charge in [-0.15, -0.1) is 0 Å². The molecule has 1 saturated carbocycles. The van der Waals surface area contributed by atoms with Crippen LogP contribution in [0.3, 0.4) is 0 Å². The van der Waals surface area contributed by atoms with Gasteiger partial charge in [-0.05, 0) is 42.7 Å². The zero-order valence-corrected chi connectivity index (χ0v) is 15.1. The number of para-hydroxylation sites is 1. The average Bonchev–Trinajstić information content (AvgIpc) is 2.90. The average molecular weight is 358 g/mol. The third-order valence-electron chi connectivity index (χ3n) is 4.63. The molecule has 0 spiro atoms. The van der Waals surface area contributed by atoms with Crippen LogP contribution in [0.25, 0.3) is 0 Å². The Bertz CT molecular complexity index is 691. The maximum Gasteiger partial charge on any atom is 0.255 e. The van der Waals surface area contributed by atoms with Gasteiger partial charge in [0.05, 0.1) is 5.56 Å². The summed E-state index contributed by atoms with van der Waals surface area (Å²) >= 11 is 5.91. The first-order valence-corrected chi connectivity index (χ1v) is 9.37. The normalized spacial score (nSPS) is 15.4. The number of ether oxygens (including phenoxy) is 1. The van der Waals surface area contributed by atoms with Gasteiger partial charge in [0.2, 0.25) is 0 Å². The molecule has 0 aromatic heterocycles. The number of carbonyl (C=O) groups is 1. The molecule has 1 aliphatic carbocycles. The SMILES string of the molecule is O=C(NC1CCCCCC1)c1ccccc1OCc1ccc(Cl)cc1. The van der Waals surface area contributed by atoms with E-state index in [-0.39, 0.29) is 11.9 Å². The van der Waals surface area contributed by atoms with Gasteiger partial charge in [0.25, 0.3) is 5.91 Å². The predicted molar refractivity (Wildman–Crippen MR) is 101 cm³/mol. The highest BCUT2D eigenvalue weighted by Crippen LogP contribution is 2.22. The number of halogens is 1. The van der Waals surface area contributed by atoms with E-state index in [9.17, 15) is 4.79 Å². The van der Waals surface area contributed by atoms with E-state index in [4.69, 9.17) is 16.3 Å². The Morgan fingerprint density at radius 1 is 1.00 bits per heavy atom. The lowest BCUT2D eigenvalue weighted by molar-refractivity contribution is 0.0929. The van der Waals surface area contributed by atoms with Crippen LogP contribution < -0.4 is 10.1 Å². The van der Waals surface area contributed by atoms with Gasteiger partial charge in [-0.2, -0.15) is 0 Å². The molecule has 0 radical (unpaired) electrons. The van der Waals surface area contributed by atoms with Gasteiger partial charge >= 0.3 is 0 Å². The first-order valence-electron chi connectivity index (χ1n) is 8.99. The van der Waals surface area contributed by atoms with E-state index < -0.39 is 0 Å². The summed E-state index contributed by atoms with van der Waals surface area (Å²) < 4.78 is 5.89. The summed E-state index contributed by atoms with van der Waals surface area (Å²) in [5.41, 5.74) is 1.61. The summed E-state index contributed by atoms with van der Waals surface area (Å²) in [5, 5.41) is 3.89. The van der Waals surface area contributed by atoms with Crippen LogP contribution in [0.5, 0.6) is 5.75 Å². The van der Waals surface area contributed by atoms with E-state index in [2.05, 4.69) is 5.32 Å². The fraction of sp³-hybridized carbons (Fsp3) is 0.381. The molecule has 3 nitrogen and oxygen atoms in total. The Morgan fingerprint density at radius 2 is 1.68 bits per heavy atom. The van der Waals surface area contributed by atoms with E-state index >= 15 is 0 Å². The van der Waals surface area contributed by atoms with E-state index in [1.807, 2.05) is 48.5 Å². The van der Waals surface area contributed by atoms with E-state index in [0.717, 1.165) is 18.4 Å². The van der Waals surface area contributed by atoms with Crippen LogP contribution in [0.4, 0.5) is 0 Å². The molecule has 0 saturated heterocycles. The molecule has 3 rings (SSSR count). The molecule has 25 heavy (non-hydrogen) atoms. The fourth-order valence-electron chi connectivity index (χ4n) is 3.21. The van der Waals surface area contributed by atoms with Crippen LogP contribution in [0.1, 0.15) is 54.4 Å². The van der Waals surface area contributed by atoms with Crippen molar-refractivity contribution < 1.29 is 9.53 Å². The first kappa shape index (κ1) is 17.8. The molecule has 4 heteroatoms. The fourth-order valence-corrected chi connectivity index (χ4v) is 3.33.